The van der Waals surface area contributed by atoms with Crippen LogP contribution in [0.2, 0.25) is 0 Å². The first-order valence-electron chi connectivity index (χ1n) is 9.97. The number of nitrogens with one attached hydrogen (secondary N) is 2. The highest BCUT2D eigenvalue weighted by molar-refractivity contribution is 9.10. The van der Waals surface area contributed by atoms with E-state index in [1.165, 1.54) is 6.08 Å². The monoisotopic (exact) mass is 561 g/mol. The summed E-state index contributed by atoms with van der Waals surface area (Å²) in [5.41, 5.74) is 0. The van der Waals surface area contributed by atoms with Gasteiger partial charge in [-0.3, -0.25) is 4.74 Å². The van der Waals surface area contributed by atoms with Gasteiger partial charge in [-0.25, -0.2) is 4.98 Å². The van der Waals surface area contributed by atoms with Gasteiger partial charge in [-0.05, 0) is 53.8 Å². The predicted molar refractivity (Wildman–Crippen MR) is 129 cm³/mol. The molecule has 2 aliphatic rings. The van der Waals surface area contributed by atoms with Crippen molar-refractivity contribution in [3.05, 3.63) is 36.6 Å². The zero-order chi connectivity index (χ0) is 21.8. The summed E-state index contributed by atoms with van der Waals surface area (Å²) < 4.78 is 41.1. The lowest BCUT2D eigenvalue weighted by molar-refractivity contribution is -0.345. The number of aromatic nitrogens is 2. The van der Waals surface area contributed by atoms with E-state index in [1.807, 2.05) is 25.1 Å². The molecule has 1 heterocycles. The molecular formula is C20H29BrCl2F3N5O. The lowest BCUT2D eigenvalue weighted by Gasteiger charge is -2.36. The number of rotatable bonds is 7. The lowest BCUT2D eigenvalue weighted by atomic mass is 9.90. The third-order valence-corrected chi connectivity index (χ3v) is 6.32. The van der Waals surface area contributed by atoms with Crippen LogP contribution in [0.25, 0.3) is 0 Å². The third kappa shape index (κ3) is 8.37. The summed E-state index contributed by atoms with van der Waals surface area (Å²) >= 11 is 3.14. The summed E-state index contributed by atoms with van der Waals surface area (Å²) in [6, 6.07) is 2.43. The van der Waals surface area contributed by atoms with Crippen LogP contribution in [0.1, 0.15) is 25.7 Å². The number of ether oxygens (including phenoxy) is 1. The maximum Gasteiger partial charge on any atom is 0.524 e. The minimum absolute atomic E-state index is 0. The average Bonchev–Trinajstić information content (AvgIpc) is 2.67. The van der Waals surface area contributed by atoms with Crippen molar-refractivity contribution in [1.82, 2.24) is 15.3 Å². The number of anilines is 2. The van der Waals surface area contributed by atoms with Crippen LogP contribution >= 0.6 is 40.7 Å². The quantitative estimate of drug-likeness (QED) is 0.452. The third-order valence-electron chi connectivity index (χ3n) is 5.30. The zero-order valence-electron chi connectivity index (χ0n) is 17.8. The number of allylic oxidation sites excluding steroid dienone is 2. The van der Waals surface area contributed by atoms with Crippen molar-refractivity contribution in [3.63, 3.8) is 0 Å². The summed E-state index contributed by atoms with van der Waals surface area (Å²) in [5, 5.41) is 6.88. The molecule has 0 spiro atoms. The first kappa shape index (κ1) is 29.0. The first-order valence-corrected chi connectivity index (χ1v) is 10.8. The topological polar surface area (TPSA) is 62.3 Å². The molecule has 2 N–H and O–H groups in total. The van der Waals surface area contributed by atoms with Gasteiger partial charge in [0.05, 0.1) is 0 Å². The number of nitrogens with zero attached hydrogens (tertiary/aromatic N) is 3. The van der Waals surface area contributed by atoms with E-state index in [2.05, 4.69) is 41.3 Å². The second-order valence-corrected chi connectivity index (χ2v) is 9.07. The second-order valence-electron chi connectivity index (χ2n) is 7.83. The molecule has 0 amide bonds. The largest absolute Gasteiger partial charge is 0.524 e. The maximum absolute atomic E-state index is 12.8. The molecule has 12 heteroatoms. The Morgan fingerprint density at radius 3 is 2.44 bits per heavy atom. The lowest BCUT2D eigenvalue weighted by Crippen LogP contribution is -2.46. The van der Waals surface area contributed by atoms with Crippen molar-refractivity contribution in [2.75, 3.05) is 30.9 Å². The minimum Gasteiger partial charge on any atom is -0.367 e. The van der Waals surface area contributed by atoms with Crippen molar-refractivity contribution in [2.24, 2.45) is 5.92 Å². The number of alkyl halides is 4. The fourth-order valence-electron chi connectivity index (χ4n) is 3.72. The fourth-order valence-corrected chi connectivity index (χ4v) is 4.37. The summed E-state index contributed by atoms with van der Waals surface area (Å²) in [7, 11) is 3.79. The van der Waals surface area contributed by atoms with E-state index in [4.69, 9.17) is 0 Å². The molecule has 2 aliphatic carbocycles. The molecule has 2 atom stereocenters. The standard InChI is InChI=1S/C20H27BrF3N5O.2ClH/c1-29(2)18-25-12-10-17(28-18)27-16-8-6-15(7-9-16)26-13-14-5-3-4-11-19(14,21)30-20(22,23)24;;/h3-5,10-12,14-16,26H,6-9,13H2,1-2H3,(H,25,27,28);2*1H. The van der Waals surface area contributed by atoms with Gasteiger partial charge in [-0.15, -0.1) is 38.0 Å². The Hall–Kier alpha value is -1.07. The Morgan fingerprint density at radius 1 is 1.16 bits per heavy atom. The van der Waals surface area contributed by atoms with Crippen molar-refractivity contribution in [2.45, 2.75) is 48.6 Å². The zero-order valence-corrected chi connectivity index (χ0v) is 21.0. The molecule has 2 unspecified atom stereocenters. The fraction of sp³-hybridized carbons (Fsp3) is 0.600. The van der Waals surface area contributed by atoms with E-state index in [1.54, 1.807) is 24.4 Å². The van der Waals surface area contributed by atoms with Crippen LogP contribution in [-0.4, -0.2) is 53.6 Å². The molecular weight excluding hydrogens is 534 g/mol. The highest BCUT2D eigenvalue weighted by Crippen LogP contribution is 2.39. The minimum atomic E-state index is -4.71. The van der Waals surface area contributed by atoms with Crippen LogP contribution in [0.4, 0.5) is 24.9 Å². The van der Waals surface area contributed by atoms with Gasteiger partial charge in [-0.2, -0.15) is 4.98 Å². The highest BCUT2D eigenvalue weighted by Gasteiger charge is 2.45. The highest BCUT2D eigenvalue weighted by atomic mass is 79.9. The molecule has 0 aromatic carbocycles. The number of hydrogen-bond acceptors (Lipinski definition) is 6. The molecule has 1 aromatic rings. The average molecular weight is 563 g/mol. The Kier molecular flexibility index (Phi) is 11.2. The molecule has 6 nitrogen and oxygen atoms in total. The molecule has 1 aromatic heterocycles. The molecule has 1 saturated carbocycles. The normalized spacial score (nSPS) is 27.2. The van der Waals surface area contributed by atoms with Gasteiger partial charge in [-0.1, -0.05) is 18.2 Å². The van der Waals surface area contributed by atoms with E-state index in [-0.39, 0.29) is 30.9 Å². The Bertz CT molecular complexity index is 776. The van der Waals surface area contributed by atoms with Gasteiger partial charge in [0, 0.05) is 44.8 Å². The first-order chi connectivity index (χ1) is 14.1. The SMILES string of the molecule is CN(C)c1nccc(NC2CCC(NCC3C=CC=CC3(Br)OC(F)(F)F)CC2)n1.Cl.Cl. The molecule has 1 fully saturated rings. The molecule has 0 radical (unpaired) electrons. The van der Waals surface area contributed by atoms with E-state index >= 15 is 0 Å². The van der Waals surface area contributed by atoms with Crippen molar-refractivity contribution in [1.29, 1.82) is 0 Å². The number of halogens is 6. The van der Waals surface area contributed by atoms with Gasteiger partial charge >= 0.3 is 6.36 Å². The molecule has 0 saturated heterocycles. The summed E-state index contributed by atoms with van der Waals surface area (Å²) in [4.78, 5) is 10.6. The van der Waals surface area contributed by atoms with E-state index in [9.17, 15) is 13.2 Å². The summed E-state index contributed by atoms with van der Waals surface area (Å²) in [6.45, 7) is 0.392. The van der Waals surface area contributed by atoms with E-state index in [0.29, 0.717) is 18.5 Å². The Labute approximate surface area is 207 Å². The van der Waals surface area contributed by atoms with Gasteiger partial charge in [0.1, 0.15) is 5.82 Å². The summed E-state index contributed by atoms with van der Waals surface area (Å²) in [5.74, 6) is 0.993. The van der Waals surface area contributed by atoms with Crippen molar-refractivity contribution >= 4 is 52.5 Å². The van der Waals surface area contributed by atoms with Crippen molar-refractivity contribution in [3.8, 4) is 0 Å². The molecule has 0 bridgehead atoms. The molecule has 182 valence electrons. The van der Waals surface area contributed by atoms with Gasteiger partial charge in [0.25, 0.3) is 0 Å². The van der Waals surface area contributed by atoms with Crippen LogP contribution in [0.15, 0.2) is 36.6 Å². The van der Waals surface area contributed by atoms with Crippen LogP contribution in [0, 0.1) is 5.92 Å². The predicted octanol–water partition coefficient (Wildman–Crippen LogP) is 5.07. The van der Waals surface area contributed by atoms with Crippen LogP contribution in [0.5, 0.6) is 0 Å². The van der Waals surface area contributed by atoms with Crippen LogP contribution < -0.4 is 15.5 Å². The number of hydrogen-bond donors (Lipinski definition) is 2. The van der Waals surface area contributed by atoms with Crippen LogP contribution in [-0.2, 0) is 4.74 Å². The summed E-state index contributed by atoms with van der Waals surface area (Å²) in [6.07, 6.45) is 7.24. The second kappa shape index (κ2) is 12.4. The van der Waals surface area contributed by atoms with Gasteiger partial charge < -0.3 is 15.5 Å². The van der Waals surface area contributed by atoms with Crippen molar-refractivity contribution < 1.29 is 17.9 Å². The van der Waals surface area contributed by atoms with E-state index < -0.39 is 16.8 Å². The Balaban J connectivity index is 0.00000256. The van der Waals surface area contributed by atoms with Gasteiger partial charge in [0.2, 0.25) is 5.95 Å². The Morgan fingerprint density at radius 2 is 1.81 bits per heavy atom. The molecule has 32 heavy (non-hydrogen) atoms. The maximum atomic E-state index is 12.8. The smallest absolute Gasteiger partial charge is 0.367 e. The molecule has 0 aliphatic heterocycles. The van der Waals surface area contributed by atoms with E-state index in [0.717, 1.165) is 31.5 Å². The van der Waals surface area contributed by atoms with Gasteiger partial charge in [0.15, 0.2) is 4.51 Å². The van der Waals surface area contributed by atoms with Crippen LogP contribution in [0.3, 0.4) is 0 Å². The molecule has 3 rings (SSSR count).